The van der Waals surface area contributed by atoms with Crippen LogP contribution in [0, 0.1) is 11.5 Å². The fourth-order valence-electron chi connectivity index (χ4n) is 5.21. The van der Waals surface area contributed by atoms with Crippen LogP contribution >= 0.6 is 0 Å². The maximum atomic E-state index is 14.1. The Morgan fingerprint density at radius 3 is 2.46 bits per heavy atom. The molecule has 0 radical (unpaired) electrons. The number of nitriles is 1. The number of nitrogens with zero attached hydrogens (tertiary/aromatic N) is 5. The van der Waals surface area contributed by atoms with E-state index < -0.39 is 24.1 Å². The van der Waals surface area contributed by atoms with Crippen LogP contribution in [0.15, 0.2) is 42.9 Å². The smallest absolute Gasteiger partial charge is 0.251 e. The first-order chi connectivity index (χ1) is 17.7. The van der Waals surface area contributed by atoms with Crippen molar-refractivity contribution in [1.29, 1.82) is 5.26 Å². The van der Waals surface area contributed by atoms with Crippen LogP contribution in [0.5, 0.6) is 0 Å². The van der Waals surface area contributed by atoms with E-state index in [1.54, 1.807) is 0 Å². The Morgan fingerprint density at radius 2 is 1.86 bits per heavy atom. The van der Waals surface area contributed by atoms with Crippen molar-refractivity contribution in [2.24, 2.45) is 0 Å². The summed E-state index contributed by atoms with van der Waals surface area (Å²) in [7, 11) is 0. The molecule has 2 heterocycles. The number of β-amino-alcohol motifs (C(OH)–C–C–N with tert-alkyl or cyclic N) is 1. The van der Waals surface area contributed by atoms with Gasteiger partial charge in [0.05, 0.1) is 24.5 Å². The predicted octanol–water partition coefficient (Wildman–Crippen LogP) is 3.21. The summed E-state index contributed by atoms with van der Waals surface area (Å²) in [6.45, 7) is 6.40. The molecule has 1 aromatic heterocycles. The Balaban J connectivity index is 1.78. The number of hydrogen-bond acceptors (Lipinski definition) is 7. The van der Waals surface area contributed by atoms with E-state index in [-0.39, 0.29) is 30.3 Å². The summed E-state index contributed by atoms with van der Waals surface area (Å²) in [6.07, 6.45) is 10.9. The Hall–Kier alpha value is -3.51. The van der Waals surface area contributed by atoms with Crippen LogP contribution < -0.4 is 10.2 Å². The lowest BCUT2D eigenvalue weighted by Crippen LogP contribution is -2.52. The molecule has 2 fully saturated rings. The number of carbonyl (C=O) groups is 2. The van der Waals surface area contributed by atoms with Crippen LogP contribution in [-0.2, 0) is 15.0 Å². The van der Waals surface area contributed by atoms with Gasteiger partial charge in [-0.25, -0.2) is 0 Å². The van der Waals surface area contributed by atoms with Gasteiger partial charge >= 0.3 is 0 Å². The summed E-state index contributed by atoms with van der Waals surface area (Å²) in [5, 5.41) is 23.1. The van der Waals surface area contributed by atoms with Gasteiger partial charge in [0.15, 0.2) is 12.2 Å². The molecule has 4 rings (SSSR count). The topological polar surface area (TPSA) is 122 Å². The third-order valence-electron chi connectivity index (χ3n) is 7.26. The van der Waals surface area contributed by atoms with E-state index in [1.165, 1.54) is 28.4 Å². The monoisotopic (exact) mass is 504 g/mol. The van der Waals surface area contributed by atoms with Crippen LogP contribution in [0.4, 0.5) is 5.69 Å². The first-order valence-corrected chi connectivity index (χ1v) is 13.0. The maximum absolute atomic E-state index is 14.1. The van der Waals surface area contributed by atoms with Gasteiger partial charge < -0.3 is 10.4 Å². The molecule has 1 saturated heterocycles. The van der Waals surface area contributed by atoms with Crippen molar-refractivity contribution in [2.75, 3.05) is 11.4 Å². The van der Waals surface area contributed by atoms with Gasteiger partial charge in [-0.3, -0.25) is 29.4 Å². The molecule has 0 bridgehead atoms. The summed E-state index contributed by atoms with van der Waals surface area (Å²) in [5.41, 5.74) is 1.85. The Labute approximate surface area is 218 Å². The first kappa shape index (κ1) is 26.6. The second-order valence-electron chi connectivity index (χ2n) is 11.0. The average Bonchev–Trinajstić information content (AvgIpc) is 3.28. The fraction of sp³-hybridized carbons (Fsp3) is 0.536. The van der Waals surface area contributed by atoms with Gasteiger partial charge in [-0.2, -0.15) is 5.26 Å². The average molecular weight is 505 g/mol. The third-order valence-corrected chi connectivity index (χ3v) is 7.26. The number of rotatable bonds is 6. The Kier molecular flexibility index (Phi) is 8.08. The highest BCUT2D eigenvalue weighted by atomic mass is 16.3. The fourth-order valence-corrected chi connectivity index (χ4v) is 5.21. The maximum Gasteiger partial charge on any atom is 0.251 e. The molecule has 1 aliphatic heterocycles. The first-order valence-electron chi connectivity index (χ1n) is 13.0. The number of amides is 2. The van der Waals surface area contributed by atoms with E-state index in [0.717, 1.165) is 37.7 Å². The van der Waals surface area contributed by atoms with Crippen LogP contribution in [0.25, 0.3) is 0 Å². The number of anilines is 1. The minimum atomic E-state index is -1.08. The highest BCUT2D eigenvalue weighted by Crippen LogP contribution is 2.33. The van der Waals surface area contributed by atoms with Gasteiger partial charge in [0, 0.05) is 30.5 Å². The molecule has 1 aromatic carbocycles. The number of hydrogen-bond donors (Lipinski definition) is 2. The normalized spacial score (nSPS) is 21.2. The molecular weight excluding hydrogens is 468 g/mol. The highest BCUT2D eigenvalue weighted by molar-refractivity contribution is 6.03. The molecule has 3 atom stereocenters. The van der Waals surface area contributed by atoms with Crippen molar-refractivity contribution in [3.8, 4) is 6.19 Å². The number of benzene rings is 1. The van der Waals surface area contributed by atoms with Gasteiger partial charge in [0.2, 0.25) is 5.91 Å². The van der Waals surface area contributed by atoms with E-state index in [9.17, 15) is 20.0 Å². The highest BCUT2D eigenvalue weighted by Gasteiger charge is 2.43. The molecule has 9 nitrogen and oxygen atoms in total. The summed E-state index contributed by atoms with van der Waals surface area (Å²) < 4.78 is 0. The molecule has 1 aliphatic carbocycles. The molecule has 196 valence electrons. The van der Waals surface area contributed by atoms with E-state index in [1.807, 2.05) is 30.5 Å². The number of nitrogens with one attached hydrogen (secondary N) is 1. The van der Waals surface area contributed by atoms with Gasteiger partial charge in [0.1, 0.15) is 6.04 Å². The lowest BCUT2D eigenvalue weighted by atomic mass is 9.87. The summed E-state index contributed by atoms with van der Waals surface area (Å²) in [4.78, 5) is 39.3. The minimum Gasteiger partial charge on any atom is -0.391 e. The number of carbonyl (C=O) groups excluding carboxylic acids is 2. The van der Waals surface area contributed by atoms with Crippen molar-refractivity contribution in [1.82, 2.24) is 20.2 Å². The van der Waals surface area contributed by atoms with Gasteiger partial charge in [-0.1, -0.05) is 52.2 Å². The van der Waals surface area contributed by atoms with E-state index in [0.29, 0.717) is 11.4 Å². The number of aliphatic hydroxyl groups excluding tert-OH is 1. The van der Waals surface area contributed by atoms with Crippen LogP contribution in [0.2, 0.25) is 0 Å². The number of aromatic nitrogens is 2. The van der Waals surface area contributed by atoms with E-state index >= 15 is 0 Å². The zero-order chi connectivity index (χ0) is 26.6. The standard InChI is InChI=1S/C28H36N6O3/c1-28(2,3)19-9-11-21(12-10-19)34(27(37)24-15-22(35)17-33(24)18-29)25(23-16-30-13-14-31-23)26(36)32-20-7-5-4-6-8-20/h9-14,16,20,22,24-25,35H,4-8,15,17H2,1-3H3,(H,32,36)/t22-,24-,25?/m1/s1. The van der Waals surface area contributed by atoms with E-state index in [4.69, 9.17) is 0 Å². The zero-order valence-corrected chi connectivity index (χ0v) is 21.8. The van der Waals surface area contributed by atoms with Gasteiger partial charge in [-0.15, -0.1) is 0 Å². The van der Waals surface area contributed by atoms with Gasteiger partial charge in [-0.05, 0) is 36.0 Å². The SMILES string of the molecule is CC(C)(C)c1ccc(N(C(=O)[C@H]2C[C@@H](O)CN2C#N)C(C(=O)NC2CCCCC2)c2cnccn2)cc1. The third kappa shape index (κ3) is 6.08. The van der Waals surface area contributed by atoms with E-state index in [2.05, 4.69) is 36.1 Å². The molecule has 37 heavy (non-hydrogen) atoms. The van der Waals surface area contributed by atoms with Gasteiger partial charge in [0.25, 0.3) is 5.91 Å². The lowest BCUT2D eigenvalue weighted by Gasteiger charge is -2.35. The largest absolute Gasteiger partial charge is 0.391 e. The second-order valence-corrected chi connectivity index (χ2v) is 11.0. The lowest BCUT2D eigenvalue weighted by molar-refractivity contribution is -0.128. The van der Waals surface area contributed by atoms with Crippen molar-refractivity contribution < 1.29 is 14.7 Å². The quantitative estimate of drug-likeness (QED) is 0.579. The molecule has 1 saturated carbocycles. The molecule has 0 spiro atoms. The summed E-state index contributed by atoms with van der Waals surface area (Å²) in [5.74, 6) is -0.765. The molecule has 2 aromatic rings. The number of aliphatic hydroxyl groups is 1. The zero-order valence-electron chi connectivity index (χ0n) is 21.8. The molecule has 9 heteroatoms. The van der Waals surface area contributed by atoms with Crippen molar-refractivity contribution in [2.45, 2.75) is 88.9 Å². The summed E-state index contributed by atoms with van der Waals surface area (Å²) >= 11 is 0. The molecule has 2 aliphatic rings. The molecule has 2 N–H and O–H groups in total. The Morgan fingerprint density at radius 1 is 1.16 bits per heavy atom. The molecular formula is C28H36N6O3. The van der Waals surface area contributed by atoms with Crippen LogP contribution in [-0.4, -0.2) is 56.5 Å². The van der Waals surface area contributed by atoms with Crippen molar-refractivity contribution >= 4 is 17.5 Å². The van der Waals surface area contributed by atoms with Crippen LogP contribution in [0.3, 0.4) is 0 Å². The molecule has 2 amide bonds. The Bertz CT molecular complexity index is 1120. The summed E-state index contributed by atoms with van der Waals surface area (Å²) in [6, 6.07) is 5.63. The van der Waals surface area contributed by atoms with Crippen LogP contribution in [0.1, 0.15) is 76.6 Å². The number of likely N-dealkylation sites (tertiary alicyclic amines) is 1. The predicted molar refractivity (Wildman–Crippen MR) is 139 cm³/mol. The van der Waals surface area contributed by atoms with Crippen molar-refractivity contribution in [3.63, 3.8) is 0 Å². The van der Waals surface area contributed by atoms with Crippen molar-refractivity contribution in [3.05, 3.63) is 54.1 Å². The minimum absolute atomic E-state index is 0.0320. The molecule has 1 unspecified atom stereocenters. The second kappa shape index (κ2) is 11.3.